The molecule has 7 nitrogen and oxygen atoms in total. The molecule has 3 atom stereocenters. The summed E-state index contributed by atoms with van der Waals surface area (Å²) in [5.74, 6) is -0.619. The van der Waals surface area contributed by atoms with Crippen molar-refractivity contribution in [3.63, 3.8) is 0 Å². The van der Waals surface area contributed by atoms with E-state index in [9.17, 15) is 22.8 Å². The van der Waals surface area contributed by atoms with Gasteiger partial charge in [0.2, 0.25) is 5.91 Å². The lowest BCUT2D eigenvalue weighted by molar-refractivity contribution is -0.159. The largest absolute Gasteiger partial charge is 0.409 e. The third-order valence-corrected chi connectivity index (χ3v) is 7.54. The van der Waals surface area contributed by atoms with Gasteiger partial charge in [-0.1, -0.05) is 30.0 Å². The molecule has 1 aliphatic heterocycles. The van der Waals surface area contributed by atoms with Gasteiger partial charge < -0.3 is 9.47 Å². The zero-order valence-electron chi connectivity index (χ0n) is 18.2. The number of hydrogen-bond donors (Lipinski definition) is 1. The molecule has 0 bridgehead atoms. The van der Waals surface area contributed by atoms with Gasteiger partial charge in [-0.05, 0) is 37.1 Å². The van der Waals surface area contributed by atoms with Crippen molar-refractivity contribution in [2.75, 3.05) is 12.3 Å². The van der Waals surface area contributed by atoms with Crippen LogP contribution in [-0.2, 0) is 16.6 Å². The fourth-order valence-electron chi connectivity index (χ4n) is 4.81. The lowest BCUT2D eigenvalue weighted by Gasteiger charge is -2.26. The molecule has 3 heterocycles. The van der Waals surface area contributed by atoms with E-state index < -0.39 is 23.8 Å². The first-order chi connectivity index (χ1) is 16.2. The van der Waals surface area contributed by atoms with Gasteiger partial charge in [-0.25, -0.2) is 4.98 Å². The van der Waals surface area contributed by atoms with Crippen LogP contribution in [0.1, 0.15) is 24.6 Å². The molecule has 1 amide bonds. The Morgan fingerprint density at radius 3 is 2.74 bits per heavy atom. The van der Waals surface area contributed by atoms with Gasteiger partial charge in [0.25, 0.3) is 0 Å². The van der Waals surface area contributed by atoms with E-state index in [2.05, 4.69) is 15.3 Å². The monoisotopic (exact) mass is 489 g/mol. The highest BCUT2D eigenvalue weighted by atomic mass is 32.2. The highest BCUT2D eigenvalue weighted by Gasteiger charge is 2.72. The van der Waals surface area contributed by atoms with Gasteiger partial charge in [0.15, 0.2) is 10.9 Å². The van der Waals surface area contributed by atoms with Crippen molar-refractivity contribution in [1.29, 1.82) is 0 Å². The number of aromatic nitrogens is 3. The van der Waals surface area contributed by atoms with Gasteiger partial charge in [-0.15, -0.1) is 0 Å². The minimum absolute atomic E-state index is 0.0435. The average Bonchev–Trinajstić information content (AvgIpc) is 3.11. The van der Waals surface area contributed by atoms with E-state index in [0.29, 0.717) is 24.5 Å². The maximum absolute atomic E-state index is 13.8. The number of hydrogen-bond acceptors (Lipinski definition) is 6. The number of imidazole rings is 1. The number of Topliss-reactive ketones (excluding diaryl/α,β-unsaturated/α-hetero) is 1. The SMILES string of the molecule is Cn1c(SCC(=O)N2CCCC23C(=O)[C@H]3NC(c2ccccn2)C(F)(F)F)nc2ccccc21. The molecule has 3 aromatic rings. The normalized spacial score (nSPS) is 23.1. The van der Waals surface area contributed by atoms with Crippen molar-refractivity contribution in [1.82, 2.24) is 24.8 Å². The molecule has 2 fully saturated rings. The number of nitrogens with one attached hydrogen (secondary N) is 1. The number of benzene rings is 1. The van der Waals surface area contributed by atoms with E-state index in [-0.39, 0.29) is 23.1 Å². The summed E-state index contributed by atoms with van der Waals surface area (Å²) < 4.78 is 43.2. The number of rotatable bonds is 6. The van der Waals surface area contributed by atoms with Crippen molar-refractivity contribution in [2.45, 2.75) is 41.8 Å². The molecular weight excluding hydrogens is 467 g/mol. The number of ketones is 1. The summed E-state index contributed by atoms with van der Waals surface area (Å²) in [5, 5.41) is 3.12. The summed E-state index contributed by atoms with van der Waals surface area (Å²) in [5.41, 5.74) is 0.317. The van der Waals surface area contributed by atoms with Crippen LogP contribution in [0.3, 0.4) is 0 Å². The molecule has 2 aromatic heterocycles. The molecule has 0 radical (unpaired) electrons. The van der Waals surface area contributed by atoms with E-state index in [4.69, 9.17) is 0 Å². The minimum Gasteiger partial charge on any atom is -0.327 e. The predicted molar refractivity (Wildman–Crippen MR) is 120 cm³/mol. The number of carbonyl (C=O) groups excluding carboxylic acids is 2. The first kappa shape index (κ1) is 22.9. The average molecular weight is 490 g/mol. The molecule has 2 unspecified atom stereocenters. The maximum atomic E-state index is 13.8. The van der Waals surface area contributed by atoms with Crippen LogP contribution >= 0.6 is 11.8 Å². The van der Waals surface area contributed by atoms with Crippen LogP contribution in [0.2, 0.25) is 0 Å². The number of fused-ring (bicyclic) bond motifs is 1. The first-order valence-corrected chi connectivity index (χ1v) is 11.8. The number of amides is 1. The fourth-order valence-corrected chi connectivity index (χ4v) is 5.67. The van der Waals surface area contributed by atoms with Crippen molar-refractivity contribution in [2.24, 2.45) is 7.05 Å². The summed E-state index contributed by atoms with van der Waals surface area (Å²) in [6.45, 7) is 0.339. The molecule has 1 N–H and O–H groups in total. The third-order valence-electron chi connectivity index (χ3n) is 6.52. The second-order valence-electron chi connectivity index (χ2n) is 8.50. The Hall–Kier alpha value is -2.92. The Balaban J connectivity index is 1.31. The number of likely N-dealkylation sites (tertiary alicyclic amines) is 1. The first-order valence-electron chi connectivity index (χ1n) is 10.9. The summed E-state index contributed by atoms with van der Waals surface area (Å²) in [7, 11) is 1.86. The van der Waals surface area contributed by atoms with E-state index in [1.54, 1.807) is 0 Å². The lowest BCUT2D eigenvalue weighted by Crippen LogP contribution is -2.46. The molecule has 11 heteroatoms. The van der Waals surface area contributed by atoms with Gasteiger partial charge in [-0.2, -0.15) is 13.2 Å². The zero-order chi connectivity index (χ0) is 24.1. The molecule has 1 saturated carbocycles. The second kappa shape index (κ2) is 8.38. The number of aryl methyl sites for hydroxylation is 1. The Morgan fingerprint density at radius 1 is 1.26 bits per heavy atom. The van der Waals surface area contributed by atoms with Gasteiger partial charge >= 0.3 is 6.18 Å². The van der Waals surface area contributed by atoms with Crippen molar-refractivity contribution < 1.29 is 22.8 Å². The fraction of sp³-hybridized carbons (Fsp3) is 0.391. The number of thioether (sulfide) groups is 1. The summed E-state index contributed by atoms with van der Waals surface area (Å²) in [6, 6.07) is 8.71. The van der Waals surface area contributed by atoms with Crippen LogP contribution in [-0.4, -0.2) is 61.2 Å². The van der Waals surface area contributed by atoms with E-state index in [1.807, 2.05) is 35.9 Å². The number of nitrogens with zero attached hydrogens (tertiary/aromatic N) is 4. The quantitative estimate of drug-likeness (QED) is 0.536. The zero-order valence-corrected chi connectivity index (χ0v) is 19.1. The Bertz CT molecular complexity index is 1250. The van der Waals surface area contributed by atoms with Gasteiger partial charge in [-0.3, -0.25) is 19.9 Å². The van der Waals surface area contributed by atoms with Crippen LogP contribution < -0.4 is 5.32 Å². The molecule has 5 rings (SSSR count). The van der Waals surface area contributed by atoms with Crippen LogP contribution in [0.15, 0.2) is 53.8 Å². The summed E-state index contributed by atoms with van der Waals surface area (Å²) in [4.78, 5) is 35.7. The molecular formula is C23H22F3N5O2S. The highest BCUT2D eigenvalue weighted by Crippen LogP contribution is 2.48. The smallest absolute Gasteiger partial charge is 0.327 e. The number of alkyl halides is 3. The van der Waals surface area contributed by atoms with Crippen LogP contribution in [0, 0.1) is 0 Å². The van der Waals surface area contributed by atoms with Gasteiger partial charge in [0.1, 0.15) is 17.6 Å². The molecule has 1 aliphatic carbocycles. The predicted octanol–water partition coefficient (Wildman–Crippen LogP) is 3.27. The maximum Gasteiger partial charge on any atom is 0.409 e. The Morgan fingerprint density at radius 2 is 2.03 bits per heavy atom. The summed E-state index contributed by atoms with van der Waals surface area (Å²) in [6.07, 6.45) is -2.45. The molecule has 2 aliphatic rings. The molecule has 34 heavy (non-hydrogen) atoms. The van der Waals surface area contributed by atoms with Crippen molar-refractivity contribution >= 4 is 34.5 Å². The van der Waals surface area contributed by atoms with Crippen molar-refractivity contribution in [3.8, 4) is 0 Å². The highest BCUT2D eigenvalue weighted by molar-refractivity contribution is 7.99. The minimum atomic E-state index is -4.64. The van der Waals surface area contributed by atoms with E-state index in [0.717, 1.165) is 11.0 Å². The van der Waals surface area contributed by atoms with Crippen LogP contribution in [0.25, 0.3) is 11.0 Å². The lowest BCUT2D eigenvalue weighted by atomic mass is 10.1. The van der Waals surface area contributed by atoms with E-state index in [1.165, 1.54) is 41.1 Å². The van der Waals surface area contributed by atoms with Crippen LogP contribution in [0.5, 0.6) is 0 Å². The molecule has 178 valence electrons. The third kappa shape index (κ3) is 3.76. The summed E-state index contributed by atoms with van der Waals surface area (Å²) >= 11 is 1.25. The molecule has 1 spiro atoms. The van der Waals surface area contributed by atoms with E-state index >= 15 is 0 Å². The van der Waals surface area contributed by atoms with Gasteiger partial charge in [0.05, 0.1) is 22.5 Å². The standard InChI is InChI=1S/C23H22F3N5O2S/c1-30-16-9-3-2-7-14(16)28-21(30)34-13-17(32)31-12-6-10-22(31)19(20(22)33)29-18(23(24,25)26)15-8-4-5-11-27-15/h2-5,7-9,11,18-19,29H,6,10,12-13H2,1H3/t18?,19-,22?/m1/s1. The number of para-hydroxylation sites is 2. The number of carbonyl (C=O) groups is 2. The van der Waals surface area contributed by atoms with Crippen molar-refractivity contribution in [3.05, 3.63) is 54.4 Å². The van der Waals surface area contributed by atoms with Gasteiger partial charge in [0, 0.05) is 19.8 Å². The Kier molecular flexibility index (Phi) is 5.64. The number of pyridine rings is 1. The molecule has 1 aromatic carbocycles. The van der Waals surface area contributed by atoms with Crippen LogP contribution in [0.4, 0.5) is 13.2 Å². The Labute approximate surface area is 197 Å². The second-order valence-corrected chi connectivity index (χ2v) is 9.44. The molecule has 1 saturated heterocycles. The topological polar surface area (TPSA) is 80.1 Å². The number of halogens is 3.